The van der Waals surface area contributed by atoms with E-state index in [1.807, 2.05) is 19.9 Å². The minimum Gasteiger partial charge on any atom is -0.496 e. The predicted octanol–water partition coefficient (Wildman–Crippen LogP) is 3.32. The monoisotopic (exact) mass is 487 g/mol. The first-order chi connectivity index (χ1) is 17.3. The number of methoxy groups -OCH3 is 2. The zero-order valence-electron chi connectivity index (χ0n) is 20.3. The van der Waals surface area contributed by atoms with Gasteiger partial charge in [0, 0.05) is 29.7 Å². The molecule has 2 aromatic carbocycles. The maximum absolute atomic E-state index is 12.9. The summed E-state index contributed by atoms with van der Waals surface area (Å²) in [4.78, 5) is 42.3. The number of para-hydroxylation sites is 1. The Balaban J connectivity index is 1.55. The second-order valence-corrected chi connectivity index (χ2v) is 8.09. The van der Waals surface area contributed by atoms with Crippen LogP contribution in [0.15, 0.2) is 54.6 Å². The van der Waals surface area contributed by atoms with Crippen LogP contribution in [0.2, 0.25) is 0 Å². The second kappa shape index (κ2) is 10.3. The number of ether oxygens (including phenoxy) is 2. The summed E-state index contributed by atoms with van der Waals surface area (Å²) >= 11 is 0. The number of nitrogens with one attached hydrogen (secondary N) is 2. The van der Waals surface area contributed by atoms with E-state index in [2.05, 4.69) is 20.7 Å². The van der Waals surface area contributed by atoms with Gasteiger partial charge in [-0.2, -0.15) is 5.10 Å². The molecule has 0 aliphatic rings. The molecule has 4 rings (SSSR count). The number of benzene rings is 2. The molecule has 10 heteroatoms. The first kappa shape index (κ1) is 24.4. The molecule has 2 N–H and O–H groups in total. The van der Waals surface area contributed by atoms with Gasteiger partial charge in [-0.15, -0.1) is 0 Å². The first-order valence-electron chi connectivity index (χ1n) is 11.1. The molecule has 0 radical (unpaired) electrons. The summed E-state index contributed by atoms with van der Waals surface area (Å²) in [6.07, 6.45) is 0. The molecule has 0 aliphatic carbocycles. The molecule has 10 nitrogen and oxygen atoms in total. The quantitative estimate of drug-likeness (QED) is 0.383. The summed E-state index contributed by atoms with van der Waals surface area (Å²) in [5, 5.41) is 9.91. The summed E-state index contributed by atoms with van der Waals surface area (Å²) < 4.78 is 11.7. The third kappa shape index (κ3) is 5.17. The zero-order valence-corrected chi connectivity index (χ0v) is 20.3. The number of hydrogen-bond donors (Lipinski definition) is 2. The van der Waals surface area contributed by atoms with Crippen LogP contribution in [0.1, 0.15) is 48.2 Å². The summed E-state index contributed by atoms with van der Waals surface area (Å²) in [7, 11) is 2.75. The van der Waals surface area contributed by atoms with E-state index in [-0.39, 0.29) is 17.8 Å². The average Bonchev–Trinajstić information content (AvgIpc) is 3.31. The molecule has 0 bridgehead atoms. The molecule has 0 unspecified atom stereocenters. The minimum atomic E-state index is -0.576. The third-order valence-electron chi connectivity index (χ3n) is 5.44. The van der Waals surface area contributed by atoms with Crippen LogP contribution >= 0.6 is 0 Å². The molecule has 2 heterocycles. The first-order valence-corrected chi connectivity index (χ1v) is 11.1. The number of nitrogens with zero attached hydrogens (tertiary/aromatic N) is 3. The van der Waals surface area contributed by atoms with Gasteiger partial charge in [0.25, 0.3) is 11.8 Å². The molecular weight excluding hydrogens is 462 g/mol. The zero-order chi connectivity index (χ0) is 25.8. The number of amides is 2. The van der Waals surface area contributed by atoms with Gasteiger partial charge in [-0.25, -0.2) is 14.3 Å². The Morgan fingerprint density at radius 3 is 2.50 bits per heavy atom. The van der Waals surface area contributed by atoms with E-state index < -0.39 is 17.8 Å². The number of esters is 1. The molecule has 0 atom stereocenters. The highest BCUT2D eigenvalue weighted by molar-refractivity contribution is 6.06. The van der Waals surface area contributed by atoms with Gasteiger partial charge in [-0.05, 0) is 55.8 Å². The van der Waals surface area contributed by atoms with Gasteiger partial charge in [0.15, 0.2) is 11.3 Å². The van der Waals surface area contributed by atoms with Crippen molar-refractivity contribution in [2.24, 2.45) is 0 Å². The Kier molecular flexibility index (Phi) is 6.95. The Morgan fingerprint density at radius 2 is 1.75 bits per heavy atom. The standard InChI is InChI=1S/C26H25N5O5/c1-15-9-16(2)31-23(28-15)13-21(30-31)25(33)27-14-17-10-18(26(34)36-4)12-19(11-17)29-24(32)20-7-5-6-8-22(20)35-3/h5-13H,14H2,1-4H3,(H,27,33)(H,29,32). The Hall–Kier alpha value is -4.73. The van der Waals surface area contributed by atoms with Gasteiger partial charge in [-0.1, -0.05) is 12.1 Å². The molecule has 2 aromatic heterocycles. The van der Waals surface area contributed by atoms with Gasteiger partial charge in [0.05, 0.1) is 25.3 Å². The fourth-order valence-electron chi connectivity index (χ4n) is 3.80. The van der Waals surface area contributed by atoms with Gasteiger partial charge >= 0.3 is 5.97 Å². The lowest BCUT2D eigenvalue weighted by molar-refractivity contribution is 0.0600. The molecule has 0 aliphatic heterocycles. The molecule has 36 heavy (non-hydrogen) atoms. The van der Waals surface area contributed by atoms with Gasteiger partial charge < -0.3 is 20.1 Å². The molecular formula is C26H25N5O5. The van der Waals surface area contributed by atoms with Crippen LogP contribution in [-0.4, -0.2) is 46.6 Å². The number of carbonyl (C=O) groups excluding carboxylic acids is 3. The lowest BCUT2D eigenvalue weighted by Crippen LogP contribution is -2.23. The van der Waals surface area contributed by atoms with Crippen molar-refractivity contribution in [1.29, 1.82) is 0 Å². The highest BCUT2D eigenvalue weighted by Crippen LogP contribution is 2.21. The highest BCUT2D eigenvalue weighted by Gasteiger charge is 2.16. The number of hydrogen-bond acceptors (Lipinski definition) is 7. The van der Waals surface area contributed by atoms with E-state index in [1.54, 1.807) is 47.0 Å². The number of carbonyl (C=O) groups is 3. The van der Waals surface area contributed by atoms with Crippen LogP contribution < -0.4 is 15.4 Å². The predicted molar refractivity (Wildman–Crippen MR) is 132 cm³/mol. The SMILES string of the molecule is COC(=O)c1cc(CNC(=O)c2cc3nc(C)cc(C)n3n2)cc(NC(=O)c2ccccc2OC)c1. The lowest BCUT2D eigenvalue weighted by Gasteiger charge is -2.12. The summed E-state index contributed by atoms with van der Waals surface area (Å²) in [5.41, 5.74) is 3.98. The van der Waals surface area contributed by atoms with E-state index in [1.165, 1.54) is 20.3 Å². The lowest BCUT2D eigenvalue weighted by atomic mass is 10.1. The minimum absolute atomic E-state index is 0.0838. The summed E-state index contributed by atoms with van der Waals surface area (Å²) in [6.45, 7) is 3.84. The molecule has 0 fully saturated rings. The molecule has 0 saturated carbocycles. The van der Waals surface area contributed by atoms with Gasteiger partial charge in [0.1, 0.15) is 5.75 Å². The van der Waals surface area contributed by atoms with E-state index in [0.29, 0.717) is 28.2 Å². The number of rotatable bonds is 7. The number of fused-ring (bicyclic) bond motifs is 1. The highest BCUT2D eigenvalue weighted by atomic mass is 16.5. The normalized spacial score (nSPS) is 10.7. The largest absolute Gasteiger partial charge is 0.496 e. The van der Waals surface area contributed by atoms with Crippen molar-refractivity contribution >= 4 is 29.1 Å². The van der Waals surface area contributed by atoms with Crippen LogP contribution in [0.3, 0.4) is 0 Å². The summed E-state index contributed by atoms with van der Waals surface area (Å²) in [6, 6.07) is 15.0. The van der Waals surface area contributed by atoms with Crippen molar-refractivity contribution in [2.75, 3.05) is 19.5 Å². The fraction of sp³-hybridized carbons (Fsp3) is 0.192. The number of aromatic nitrogens is 3. The number of aryl methyl sites for hydroxylation is 2. The Morgan fingerprint density at radius 1 is 0.972 bits per heavy atom. The van der Waals surface area contributed by atoms with Crippen molar-refractivity contribution in [2.45, 2.75) is 20.4 Å². The molecule has 4 aromatic rings. The molecule has 184 valence electrons. The van der Waals surface area contributed by atoms with Crippen LogP contribution in [0, 0.1) is 13.8 Å². The van der Waals surface area contributed by atoms with Crippen LogP contribution in [0.4, 0.5) is 5.69 Å². The van der Waals surface area contributed by atoms with Crippen LogP contribution in [0.5, 0.6) is 5.75 Å². The van der Waals surface area contributed by atoms with Gasteiger partial charge in [0.2, 0.25) is 0 Å². The van der Waals surface area contributed by atoms with E-state index in [4.69, 9.17) is 9.47 Å². The van der Waals surface area contributed by atoms with Gasteiger partial charge in [-0.3, -0.25) is 9.59 Å². The van der Waals surface area contributed by atoms with Crippen molar-refractivity contribution in [1.82, 2.24) is 19.9 Å². The molecule has 2 amide bonds. The van der Waals surface area contributed by atoms with E-state index in [9.17, 15) is 14.4 Å². The van der Waals surface area contributed by atoms with E-state index in [0.717, 1.165) is 11.4 Å². The second-order valence-electron chi connectivity index (χ2n) is 8.09. The fourth-order valence-corrected chi connectivity index (χ4v) is 3.80. The maximum Gasteiger partial charge on any atom is 0.337 e. The van der Waals surface area contributed by atoms with E-state index >= 15 is 0 Å². The Labute approximate surface area is 207 Å². The van der Waals surface area contributed by atoms with Crippen molar-refractivity contribution in [3.8, 4) is 5.75 Å². The van der Waals surface area contributed by atoms with Crippen molar-refractivity contribution in [3.63, 3.8) is 0 Å². The van der Waals surface area contributed by atoms with Crippen LogP contribution in [0.25, 0.3) is 5.65 Å². The third-order valence-corrected chi connectivity index (χ3v) is 5.44. The van der Waals surface area contributed by atoms with Crippen molar-refractivity contribution in [3.05, 3.63) is 88.4 Å². The topological polar surface area (TPSA) is 124 Å². The smallest absolute Gasteiger partial charge is 0.337 e. The molecule has 0 saturated heterocycles. The van der Waals surface area contributed by atoms with Crippen molar-refractivity contribution < 1.29 is 23.9 Å². The molecule has 0 spiro atoms. The van der Waals surface area contributed by atoms with Crippen LogP contribution in [-0.2, 0) is 11.3 Å². The average molecular weight is 488 g/mol. The number of anilines is 1. The maximum atomic E-state index is 12.9. The summed E-state index contributed by atoms with van der Waals surface area (Å²) in [5.74, 6) is -0.972. The Bertz CT molecular complexity index is 1480.